The fraction of sp³-hybridized carbons (Fsp3) is 0.727. The van der Waals surface area contributed by atoms with E-state index in [0.29, 0.717) is 4.68 Å². The highest BCUT2D eigenvalue weighted by atomic mass is 19.4. The zero-order chi connectivity index (χ0) is 15.8. The molecule has 21 heavy (non-hydrogen) atoms. The fourth-order valence-corrected chi connectivity index (χ4v) is 2.34. The van der Waals surface area contributed by atoms with Crippen molar-refractivity contribution in [1.82, 2.24) is 9.78 Å². The van der Waals surface area contributed by atoms with E-state index in [1.165, 1.54) is 0 Å². The van der Waals surface area contributed by atoms with Crippen LogP contribution in [0.15, 0.2) is 12.3 Å². The van der Waals surface area contributed by atoms with Crippen LogP contribution < -0.4 is 11.5 Å². The normalized spacial score (nSPS) is 34.1. The molecule has 1 aromatic heterocycles. The van der Waals surface area contributed by atoms with E-state index in [9.17, 15) is 23.4 Å². The van der Waals surface area contributed by atoms with Gasteiger partial charge in [0.05, 0.1) is 6.10 Å². The molecule has 1 heterocycles. The summed E-state index contributed by atoms with van der Waals surface area (Å²) < 4.78 is 43.8. The first kappa shape index (κ1) is 16.2. The molecule has 7 nitrogen and oxygen atoms in total. The van der Waals surface area contributed by atoms with Crippen molar-refractivity contribution in [3.05, 3.63) is 18.0 Å². The Bertz CT molecular complexity index is 482. The number of rotatable bonds is 3. The number of aliphatic hydroxyl groups excluding tert-OH is 2. The summed E-state index contributed by atoms with van der Waals surface area (Å²) in [6.07, 6.45) is -7.01. The Morgan fingerprint density at radius 2 is 1.95 bits per heavy atom. The number of halogens is 3. The van der Waals surface area contributed by atoms with Crippen LogP contribution in [-0.4, -0.2) is 50.4 Å². The molecule has 0 aliphatic heterocycles. The number of aromatic nitrogens is 2. The standard InChI is InChI=1S/C11H17F3N4O3/c12-11(13,14)7-1-2-17-18(7)4-21-10-6(16)3-5(15)8(19)9(10)20/h1-2,5-6,8-10,19-20H,3-4,15-16H2/t5-,6+,8+,9-,10-/m0/s1. The lowest BCUT2D eigenvalue weighted by Gasteiger charge is -2.39. The van der Waals surface area contributed by atoms with Gasteiger partial charge in [-0.15, -0.1) is 0 Å². The van der Waals surface area contributed by atoms with E-state index in [4.69, 9.17) is 16.2 Å². The van der Waals surface area contributed by atoms with E-state index in [-0.39, 0.29) is 6.42 Å². The lowest BCUT2D eigenvalue weighted by Crippen LogP contribution is -2.62. The van der Waals surface area contributed by atoms with Gasteiger partial charge in [-0.3, -0.25) is 0 Å². The summed E-state index contributed by atoms with van der Waals surface area (Å²) in [5.41, 5.74) is 10.4. The molecule has 0 saturated heterocycles. The zero-order valence-electron chi connectivity index (χ0n) is 10.9. The van der Waals surface area contributed by atoms with Crippen molar-refractivity contribution in [2.45, 2.75) is 49.7 Å². The van der Waals surface area contributed by atoms with Crippen LogP contribution in [0.2, 0.25) is 0 Å². The minimum absolute atomic E-state index is 0.189. The van der Waals surface area contributed by atoms with Crippen molar-refractivity contribution in [3.8, 4) is 0 Å². The lowest BCUT2D eigenvalue weighted by molar-refractivity contribution is -0.160. The van der Waals surface area contributed by atoms with E-state index in [2.05, 4.69) is 5.10 Å². The third-order valence-electron chi connectivity index (χ3n) is 3.49. The van der Waals surface area contributed by atoms with E-state index < -0.39 is 49.0 Å². The Kier molecular flexibility index (Phi) is 4.54. The third kappa shape index (κ3) is 3.35. The highest BCUT2D eigenvalue weighted by molar-refractivity contribution is 5.04. The zero-order valence-corrected chi connectivity index (χ0v) is 10.9. The van der Waals surface area contributed by atoms with Gasteiger partial charge in [-0.25, -0.2) is 4.68 Å². The van der Waals surface area contributed by atoms with Crippen LogP contribution in [-0.2, 0) is 17.6 Å². The number of alkyl halides is 3. The van der Waals surface area contributed by atoms with Crippen molar-refractivity contribution in [2.24, 2.45) is 11.5 Å². The van der Waals surface area contributed by atoms with Crippen LogP contribution >= 0.6 is 0 Å². The number of nitrogens with zero attached hydrogens (tertiary/aromatic N) is 2. The van der Waals surface area contributed by atoms with Crippen molar-refractivity contribution < 1.29 is 28.1 Å². The summed E-state index contributed by atoms with van der Waals surface area (Å²) in [4.78, 5) is 0. The molecule has 1 aromatic rings. The molecule has 1 aliphatic carbocycles. The molecule has 120 valence electrons. The molecular weight excluding hydrogens is 293 g/mol. The first-order valence-corrected chi connectivity index (χ1v) is 6.29. The van der Waals surface area contributed by atoms with Gasteiger partial charge in [-0.05, 0) is 12.5 Å². The molecule has 0 aromatic carbocycles. The maximum absolute atomic E-state index is 12.7. The maximum Gasteiger partial charge on any atom is 0.433 e. The topological polar surface area (TPSA) is 120 Å². The molecule has 6 N–H and O–H groups in total. The quantitative estimate of drug-likeness (QED) is 0.570. The number of hydrogen-bond donors (Lipinski definition) is 4. The molecule has 1 saturated carbocycles. The van der Waals surface area contributed by atoms with Crippen LogP contribution in [0.4, 0.5) is 13.2 Å². The van der Waals surface area contributed by atoms with Gasteiger partial charge in [0.1, 0.15) is 24.6 Å². The highest BCUT2D eigenvalue weighted by Crippen LogP contribution is 2.29. The van der Waals surface area contributed by atoms with Crippen LogP contribution in [0.1, 0.15) is 12.1 Å². The molecule has 1 fully saturated rings. The third-order valence-corrected chi connectivity index (χ3v) is 3.49. The average molecular weight is 310 g/mol. The molecule has 0 amide bonds. The first-order valence-electron chi connectivity index (χ1n) is 6.29. The first-order chi connectivity index (χ1) is 9.71. The molecular formula is C11H17F3N4O3. The van der Waals surface area contributed by atoms with Crippen LogP contribution in [0.3, 0.4) is 0 Å². The highest BCUT2D eigenvalue weighted by Gasteiger charge is 2.42. The van der Waals surface area contributed by atoms with Gasteiger partial charge in [0, 0.05) is 18.3 Å². The second-order valence-corrected chi connectivity index (χ2v) is 5.02. The van der Waals surface area contributed by atoms with Crippen molar-refractivity contribution in [2.75, 3.05) is 0 Å². The van der Waals surface area contributed by atoms with E-state index >= 15 is 0 Å². The molecule has 0 bridgehead atoms. The lowest BCUT2D eigenvalue weighted by atomic mass is 9.85. The van der Waals surface area contributed by atoms with Crippen LogP contribution in [0.5, 0.6) is 0 Å². The van der Waals surface area contributed by atoms with Gasteiger partial charge in [-0.2, -0.15) is 18.3 Å². The van der Waals surface area contributed by atoms with Gasteiger partial charge in [0.15, 0.2) is 0 Å². The van der Waals surface area contributed by atoms with Gasteiger partial charge < -0.3 is 26.4 Å². The molecule has 2 rings (SSSR count). The molecule has 10 heteroatoms. The van der Waals surface area contributed by atoms with E-state index in [1.54, 1.807) is 0 Å². The monoisotopic (exact) mass is 310 g/mol. The van der Waals surface area contributed by atoms with Crippen LogP contribution in [0.25, 0.3) is 0 Å². The number of nitrogens with two attached hydrogens (primary N) is 2. The fourth-order valence-electron chi connectivity index (χ4n) is 2.34. The Hall–Kier alpha value is -1.20. The number of ether oxygens (including phenoxy) is 1. The molecule has 0 spiro atoms. The van der Waals surface area contributed by atoms with E-state index in [1.807, 2.05) is 0 Å². The van der Waals surface area contributed by atoms with Gasteiger partial charge in [0.25, 0.3) is 0 Å². The van der Waals surface area contributed by atoms with Crippen molar-refractivity contribution >= 4 is 0 Å². The summed E-state index contributed by atoms with van der Waals surface area (Å²) in [6.45, 7) is -0.542. The molecule has 0 radical (unpaired) electrons. The predicted molar refractivity (Wildman–Crippen MR) is 64.7 cm³/mol. The second-order valence-electron chi connectivity index (χ2n) is 5.02. The second kappa shape index (κ2) is 5.89. The molecule has 0 unspecified atom stereocenters. The van der Waals surface area contributed by atoms with Crippen molar-refractivity contribution in [1.29, 1.82) is 0 Å². The Balaban J connectivity index is 2.04. The minimum atomic E-state index is -4.56. The summed E-state index contributed by atoms with van der Waals surface area (Å²) >= 11 is 0. The summed E-state index contributed by atoms with van der Waals surface area (Å²) in [6, 6.07) is -0.584. The average Bonchev–Trinajstić information content (AvgIpc) is 2.84. The molecule has 5 atom stereocenters. The summed E-state index contributed by atoms with van der Waals surface area (Å²) in [7, 11) is 0. The SMILES string of the molecule is N[C@@H]1C[C@H](N)[C@@H](O)[C@H](O)[C@H]1OCn1nccc1C(F)(F)F. The van der Waals surface area contributed by atoms with Crippen molar-refractivity contribution in [3.63, 3.8) is 0 Å². The van der Waals surface area contributed by atoms with Crippen LogP contribution in [0, 0.1) is 0 Å². The largest absolute Gasteiger partial charge is 0.433 e. The minimum Gasteiger partial charge on any atom is -0.389 e. The van der Waals surface area contributed by atoms with E-state index in [0.717, 1.165) is 12.3 Å². The summed E-state index contributed by atoms with van der Waals surface area (Å²) in [5.74, 6) is 0. The Labute approximate surface area is 118 Å². The molecule has 1 aliphatic rings. The number of aliphatic hydroxyl groups is 2. The Morgan fingerprint density at radius 3 is 2.57 bits per heavy atom. The van der Waals surface area contributed by atoms with Gasteiger partial charge in [0.2, 0.25) is 0 Å². The number of hydrogen-bond acceptors (Lipinski definition) is 6. The summed E-state index contributed by atoms with van der Waals surface area (Å²) in [5, 5.41) is 23.0. The maximum atomic E-state index is 12.7. The predicted octanol–water partition coefficient (Wildman–Crippen LogP) is -0.975. The van der Waals surface area contributed by atoms with Gasteiger partial charge in [-0.1, -0.05) is 0 Å². The Morgan fingerprint density at radius 1 is 1.29 bits per heavy atom. The van der Waals surface area contributed by atoms with Gasteiger partial charge >= 0.3 is 6.18 Å². The smallest absolute Gasteiger partial charge is 0.389 e.